The van der Waals surface area contributed by atoms with Crippen LogP contribution < -0.4 is 5.32 Å². The largest absolute Gasteiger partial charge is 0.308 e. The quantitative estimate of drug-likeness (QED) is 0.797. The van der Waals surface area contributed by atoms with Crippen molar-refractivity contribution in [3.63, 3.8) is 0 Å². The molecule has 0 bridgehead atoms. The zero-order valence-electron chi connectivity index (χ0n) is 11.3. The van der Waals surface area contributed by atoms with Crippen molar-refractivity contribution in [3.05, 3.63) is 71.6 Å². The van der Waals surface area contributed by atoms with E-state index in [2.05, 4.69) is 59.7 Å². The van der Waals surface area contributed by atoms with E-state index in [9.17, 15) is 0 Å². The Hall–Kier alpha value is -1.93. The minimum absolute atomic E-state index is 0.823. The average molecular weight is 252 g/mol. The normalized spacial score (nSPS) is 11.0. The monoisotopic (exact) mass is 252 g/mol. The van der Waals surface area contributed by atoms with Gasteiger partial charge in [0.05, 0.1) is 5.69 Å². The Bertz CT molecular complexity index is 518. The lowest BCUT2D eigenvalue weighted by molar-refractivity contribution is 0.731. The van der Waals surface area contributed by atoms with Crippen molar-refractivity contribution >= 4 is 6.08 Å². The number of hydrogen-bond acceptors (Lipinski definition) is 2. The van der Waals surface area contributed by atoms with Crippen LogP contribution in [0.2, 0.25) is 0 Å². The van der Waals surface area contributed by atoms with E-state index in [1.165, 1.54) is 11.1 Å². The summed E-state index contributed by atoms with van der Waals surface area (Å²) in [4.78, 5) is 4.42. The first-order valence-electron chi connectivity index (χ1n) is 6.75. The summed E-state index contributed by atoms with van der Waals surface area (Å²) in [5, 5.41) is 3.40. The van der Waals surface area contributed by atoms with Crippen LogP contribution in [0, 0.1) is 0 Å². The standard InChI is InChI=1S/C17H20N2/c1-2-16-11-7-13-19-17(16)14-18-12-6-10-15-8-4-3-5-9-15/h3-11,13,18H,2,12,14H2,1H3/b10-6+. The highest BCUT2D eigenvalue weighted by atomic mass is 14.9. The Labute approximate surface area is 115 Å². The minimum atomic E-state index is 0.823. The van der Waals surface area contributed by atoms with Gasteiger partial charge in [0, 0.05) is 19.3 Å². The van der Waals surface area contributed by atoms with Crippen LogP contribution in [0.4, 0.5) is 0 Å². The predicted octanol–water partition coefficient (Wildman–Crippen LogP) is 3.45. The van der Waals surface area contributed by atoms with Gasteiger partial charge >= 0.3 is 0 Å². The summed E-state index contributed by atoms with van der Waals surface area (Å²) in [5.74, 6) is 0. The van der Waals surface area contributed by atoms with Crippen molar-refractivity contribution in [2.45, 2.75) is 19.9 Å². The van der Waals surface area contributed by atoms with Gasteiger partial charge in [-0.15, -0.1) is 0 Å². The van der Waals surface area contributed by atoms with Crippen LogP contribution in [0.15, 0.2) is 54.7 Å². The summed E-state index contributed by atoms with van der Waals surface area (Å²) < 4.78 is 0. The number of nitrogens with one attached hydrogen (secondary N) is 1. The van der Waals surface area contributed by atoms with Crippen LogP contribution in [0.25, 0.3) is 6.08 Å². The molecule has 1 aromatic heterocycles. The second kappa shape index (κ2) is 7.49. The molecule has 98 valence electrons. The molecule has 0 aliphatic carbocycles. The van der Waals surface area contributed by atoms with Crippen molar-refractivity contribution in [1.82, 2.24) is 10.3 Å². The molecule has 0 fully saturated rings. The summed E-state index contributed by atoms with van der Waals surface area (Å²) in [6.45, 7) is 3.84. The Balaban J connectivity index is 1.79. The average Bonchev–Trinajstić information content (AvgIpc) is 2.48. The number of benzene rings is 1. The van der Waals surface area contributed by atoms with Gasteiger partial charge < -0.3 is 5.32 Å². The van der Waals surface area contributed by atoms with E-state index in [0.717, 1.165) is 25.2 Å². The van der Waals surface area contributed by atoms with Crippen molar-refractivity contribution in [2.24, 2.45) is 0 Å². The van der Waals surface area contributed by atoms with E-state index in [4.69, 9.17) is 0 Å². The van der Waals surface area contributed by atoms with Gasteiger partial charge in [-0.2, -0.15) is 0 Å². The first kappa shape index (κ1) is 13.5. The highest BCUT2D eigenvalue weighted by Gasteiger charge is 1.99. The molecule has 0 amide bonds. The number of hydrogen-bond donors (Lipinski definition) is 1. The molecule has 0 aliphatic rings. The third-order valence-electron chi connectivity index (χ3n) is 3.03. The molecule has 2 nitrogen and oxygen atoms in total. The minimum Gasteiger partial charge on any atom is -0.308 e. The van der Waals surface area contributed by atoms with E-state index in [1.807, 2.05) is 18.3 Å². The Kier molecular flexibility index (Phi) is 5.32. The third kappa shape index (κ3) is 4.34. The van der Waals surface area contributed by atoms with Crippen LogP contribution in [-0.4, -0.2) is 11.5 Å². The lowest BCUT2D eigenvalue weighted by Crippen LogP contribution is -2.15. The molecule has 1 heterocycles. The zero-order chi connectivity index (χ0) is 13.3. The molecule has 2 rings (SSSR count). The van der Waals surface area contributed by atoms with E-state index in [0.29, 0.717) is 0 Å². The smallest absolute Gasteiger partial charge is 0.0573 e. The first-order valence-corrected chi connectivity index (χ1v) is 6.75. The van der Waals surface area contributed by atoms with Gasteiger partial charge in [-0.1, -0.05) is 55.5 Å². The van der Waals surface area contributed by atoms with Gasteiger partial charge in [-0.25, -0.2) is 0 Å². The van der Waals surface area contributed by atoms with Crippen LogP contribution in [0.5, 0.6) is 0 Å². The maximum absolute atomic E-state index is 4.42. The molecule has 19 heavy (non-hydrogen) atoms. The molecule has 0 saturated carbocycles. The van der Waals surface area contributed by atoms with Crippen molar-refractivity contribution in [1.29, 1.82) is 0 Å². The molecular weight excluding hydrogens is 232 g/mol. The highest BCUT2D eigenvalue weighted by molar-refractivity contribution is 5.48. The number of nitrogens with zero attached hydrogens (tertiary/aromatic N) is 1. The van der Waals surface area contributed by atoms with Gasteiger partial charge in [0.2, 0.25) is 0 Å². The van der Waals surface area contributed by atoms with Gasteiger partial charge in [-0.05, 0) is 23.6 Å². The summed E-state index contributed by atoms with van der Waals surface area (Å²) in [6.07, 6.45) is 7.16. The van der Waals surface area contributed by atoms with Crippen LogP contribution in [-0.2, 0) is 13.0 Å². The highest BCUT2D eigenvalue weighted by Crippen LogP contribution is 2.05. The molecule has 0 radical (unpaired) electrons. The van der Waals surface area contributed by atoms with Gasteiger partial charge in [-0.3, -0.25) is 4.98 Å². The first-order chi connectivity index (χ1) is 9.40. The Morgan fingerprint density at radius 1 is 1.11 bits per heavy atom. The number of aryl methyl sites for hydroxylation is 1. The van der Waals surface area contributed by atoms with E-state index in [1.54, 1.807) is 0 Å². The molecule has 1 N–H and O–H groups in total. The van der Waals surface area contributed by atoms with Crippen molar-refractivity contribution in [3.8, 4) is 0 Å². The van der Waals surface area contributed by atoms with E-state index < -0.39 is 0 Å². The van der Waals surface area contributed by atoms with Crippen LogP contribution >= 0.6 is 0 Å². The Morgan fingerprint density at radius 3 is 2.74 bits per heavy atom. The fourth-order valence-electron chi connectivity index (χ4n) is 1.99. The molecule has 2 aromatic rings. The molecular formula is C17H20N2. The lowest BCUT2D eigenvalue weighted by atomic mass is 10.1. The molecule has 0 atom stereocenters. The summed E-state index contributed by atoms with van der Waals surface area (Å²) >= 11 is 0. The van der Waals surface area contributed by atoms with Crippen LogP contribution in [0.3, 0.4) is 0 Å². The number of pyridine rings is 1. The van der Waals surface area contributed by atoms with Crippen LogP contribution in [0.1, 0.15) is 23.7 Å². The molecule has 0 saturated heterocycles. The summed E-state index contributed by atoms with van der Waals surface area (Å²) in [6, 6.07) is 14.5. The zero-order valence-corrected chi connectivity index (χ0v) is 11.3. The fourth-order valence-corrected chi connectivity index (χ4v) is 1.99. The maximum atomic E-state index is 4.42. The molecule has 0 unspecified atom stereocenters. The topological polar surface area (TPSA) is 24.9 Å². The number of aromatic nitrogens is 1. The Morgan fingerprint density at radius 2 is 1.95 bits per heavy atom. The van der Waals surface area contributed by atoms with E-state index in [-0.39, 0.29) is 0 Å². The predicted molar refractivity (Wildman–Crippen MR) is 80.8 cm³/mol. The van der Waals surface area contributed by atoms with E-state index >= 15 is 0 Å². The summed E-state index contributed by atoms with van der Waals surface area (Å²) in [5.41, 5.74) is 3.71. The second-order valence-corrected chi connectivity index (χ2v) is 4.41. The summed E-state index contributed by atoms with van der Waals surface area (Å²) in [7, 11) is 0. The molecule has 0 aliphatic heterocycles. The molecule has 1 aromatic carbocycles. The van der Waals surface area contributed by atoms with Gasteiger partial charge in [0.15, 0.2) is 0 Å². The molecule has 0 spiro atoms. The lowest BCUT2D eigenvalue weighted by Gasteiger charge is -2.06. The second-order valence-electron chi connectivity index (χ2n) is 4.41. The maximum Gasteiger partial charge on any atom is 0.0573 e. The van der Waals surface area contributed by atoms with Crippen molar-refractivity contribution in [2.75, 3.05) is 6.54 Å². The van der Waals surface area contributed by atoms with Gasteiger partial charge in [0.1, 0.15) is 0 Å². The molecule has 2 heteroatoms. The fraction of sp³-hybridized carbons (Fsp3) is 0.235. The third-order valence-corrected chi connectivity index (χ3v) is 3.03. The SMILES string of the molecule is CCc1cccnc1CNC/C=C/c1ccccc1. The van der Waals surface area contributed by atoms with Crippen molar-refractivity contribution < 1.29 is 0 Å². The van der Waals surface area contributed by atoms with Gasteiger partial charge in [0.25, 0.3) is 0 Å². The number of rotatable bonds is 6.